The molecule has 0 bridgehead atoms. The number of rotatable bonds is 3. The number of carbonyl (C=O) groups excluding carboxylic acids is 2. The molecule has 3 aromatic rings. The van der Waals surface area contributed by atoms with Crippen LogP contribution in [0.4, 0.5) is 5.69 Å². The Hall–Kier alpha value is -3.51. The zero-order valence-corrected chi connectivity index (χ0v) is 18.0. The Labute approximate surface area is 190 Å². The highest BCUT2D eigenvalue weighted by Crippen LogP contribution is 2.33. The molecule has 1 unspecified atom stereocenters. The summed E-state index contributed by atoms with van der Waals surface area (Å²) >= 11 is 6.29. The fourth-order valence-corrected chi connectivity index (χ4v) is 4.32. The van der Waals surface area contributed by atoms with E-state index in [-0.39, 0.29) is 11.8 Å². The summed E-state index contributed by atoms with van der Waals surface area (Å²) in [6, 6.07) is 19.4. The minimum absolute atomic E-state index is 0.267. The van der Waals surface area contributed by atoms with Crippen molar-refractivity contribution in [2.24, 2.45) is 0 Å². The molecule has 0 spiro atoms. The lowest BCUT2D eigenvalue weighted by atomic mass is 9.92. The smallest absolute Gasteiger partial charge is 0.256 e. The van der Waals surface area contributed by atoms with Crippen molar-refractivity contribution >= 4 is 29.1 Å². The molecular weight excluding hydrogens is 428 g/mol. The van der Waals surface area contributed by atoms with E-state index in [0.717, 1.165) is 11.1 Å². The Balaban J connectivity index is 1.44. The number of halogens is 1. The molecule has 0 aromatic heterocycles. The summed E-state index contributed by atoms with van der Waals surface area (Å²) in [6.07, 6.45) is 0.419. The Morgan fingerprint density at radius 2 is 1.62 bits per heavy atom. The first-order valence-electron chi connectivity index (χ1n) is 10.4. The molecule has 0 fully saturated rings. The first-order chi connectivity index (χ1) is 15.6. The molecule has 2 heterocycles. The third kappa shape index (κ3) is 3.89. The Bertz CT molecular complexity index is 1200. The Morgan fingerprint density at radius 3 is 2.44 bits per heavy atom. The average Bonchev–Trinajstić information content (AvgIpc) is 2.83. The number of fused-ring (bicyclic) bond motifs is 2. The fraction of sp³-hybridized carbons (Fsp3) is 0.200. The van der Waals surface area contributed by atoms with Gasteiger partial charge in [-0.15, -0.1) is 0 Å². The molecule has 2 aliphatic rings. The van der Waals surface area contributed by atoms with Crippen LogP contribution in [0.1, 0.15) is 21.5 Å². The van der Waals surface area contributed by atoms with Crippen LogP contribution in [0.15, 0.2) is 66.7 Å². The first kappa shape index (κ1) is 20.4. The molecule has 2 aliphatic heterocycles. The number of anilines is 1. The van der Waals surface area contributed by atoms with Crippen molar-refractivity contribution in [3.8, 4) is 11.5 Å². The number of benzene rings is 3. The maximum atomic E-state index is 13.4. The van der Waals surface area contributed by atoms with E-state index >= 15 is 0 Å². The highest BCUT2D eigenvalue weighted by Gasteiger charge is 2.35. The summed E-state index contributed by atoms with van der Waals surface area (Å²) in [5.41, 5.74) is 3.04. The maximum Gasteiger partial charge on any atom is 0.256 e. The van der Waals surface area contributed by atoms with Gasteiger partial charge in [-0.2, -0.15) is 0 Å². The van der Waals surface area contributed by atoms with Crippen LogP contribution < -0.4 is 14.8 Å². The molecule has 32 heavy (non-hydrogen) atoms. The first-order valence-corrected chi connectivity index (χ1v) is 10.8. The highest BCUT2D eigenvalue weighted by molar-refractivity contribution is 6.33. The highest BCUT2D eigenvalue weighted by atomic mass is 35.5. The van der Waals surface area contributed by atoms with Crippen LogP contribution in [0.2, 0.25) is 5.02 Å². The largest absolute Gasteiger partial charge is 0.486 e. The standard InChI is InChI=1S/C25H21ClN2O4/c26-20-8-4-3-7-19(20)25(30)28-15-17-6-2-1-5-16(17)13-21(28)24(29)27-18-9-10-22-23(14-18)32-12-11-31-22/h1-10,14,21H,11-13,15H2,(H,27,29). The average molecular weight is 449 g/mol. The topological polar surface area (TPSA) is 67.9 Å². The molecule has 2 amide bonds. The van der Waals surface area contributed by atoms with E-state index < -0.39 is 6.04 Å². The zero-order chi connectivity index (χ0) is 22.1. The van der Waals surface area contributed by atoms with E-state index in [4.69, 9.17) is 21.1 Å². The van der Waals surface area contributed by atoms with Crippen LogP contribution in [0, 0.1) is 0 Å². The fourth-order valence-electron chi connectivity index (χ4n) is 4.11. The van der Waals surface area contributed by atoms with Crippen molar-refractivity contribution in [1.29, 1.82) is 0 Å². The van der Waals surface area contributed by atoms with E-state index in [1.54, 1.807) is 47.4 Å². The number of nitrogens with zero attached hydrogens (tertiary/aromatic N) is 1. The van der Waals surface area contributed by atoms with E-state index in [9.17, 15) is 9.59 Å². The molecule has 0 saturated carbocycles. The molecule has 1 atom stereocenters. The molecule has 6 nitrogen and oxygen atoms in total. The van der Waals surface area contributed by atoms with Gasteiger partial charge in [-0.3, -0.25) is 9.59 Å². The molecular formula is C25H21ClN2O4. The van der Waals surface area contributed by atoms with Crippen LogP contribution in [-0.4, -0.2) is 36.0 Å². The van der Waals surface area contributed by atoms with Crippen LogP contribution in [-0.2, 0) is 17.8 Å². The maximum absolute atomic E-state index is 13.4. The van der Waals surface area contributed by atoms with Crippen LogP contribution in [0.25, 0.3) is 0 Å². The Morgan fingerprint density at radius 1 is 0.906 bits per heavy atom. The summed E-state index contributed by atoms with van der Waals surface area (Å²) in [7, 11) is 0. The summed E-state index contributed by atoms with van der Waals surface area (Å²) in [5.74, 6) is 0.701. The molecule has 162 valence electrons. The SMILES string of the molecule is O=C(Nc1ccc2c(c1)OCCO2)C1Cc2ccccc2CN1C(=O)c1ccccc1Cl. The van der Waals surface area contributed by atoms with E-state index in [1.165, 1.54) is 0 Å². The van der Waals surface area contributed by atoms with Crippen molar-refractivity contribution in [2.45, 2.75) is 19.0 Å². The molecule has 0 saturated heterocycles. The number of amides is 2. The number of hydrogen-bond donors (Lipinski definition) is 1. The zero-order valence-electron chi connectivity index (χ0n) is 17.2. The molecule has 0 aliphatic carbocycles. The lowest BCUT2D eigenvalue weighted by Gasteiger charge is -2.36. The van der Waals surface area contributed by atoms with E-state index in [2.05, 4.69) is 5.32 Å². The van der Waals surface area contributed by atoms with Crippen molar-refractivity contribution < 1.29 is 19.1 Å². The minimum atomic E-state index is -0.679. The third-order valence-corrected chi connectivity index (χ3v) is 6.06. The summed E-state index contributed by atoms with van der Waals surface area (Å²) < 4.78 is 11.2. The van der Waals surface area contributed by atoms with Gasteiger partial charge in [-0.25, -0.2) is 0 Å². The van der Waals surface area contributed by atoms with Crippen molar-refractivity contribution in [3.05, 3.63) is 88.4 Å². The quantitative estimate of drug-likeness (QED) is 0.648. The summed E-state index contributed by atoms with van der Waals surface area (Å²) in [6.45, 7) is 1.29. The number of nitrogens with one attached hydrogen (secondary N) is 1. The van der Waals surface area contributed by atoms with Gasteiger partial charge in [0.25, 0.3) is 5.91 Å². The van der Waals surface area contributed by atoms with Gasteiger partial charge >= 0.3 is 0 Å². The summed E-state index contributed by atoms with van der Waals surface area (Å²) in [4.78, 5) is 28.4. The monoisotopic (exact) mass is 448 g/mol. The van der Waals surface area contributed by atoms with Gasteiger partial charge in [-0.1, -0.05) is 48.0 Å². The van der Waals surface area contributed by atoms with Gasteiger partial charge in [0.15, 0.2) is 11.5 Å². The summed E-state index contributed by atoms with van der Waals surface area (Å²) in [5, 5.41) is 3.31. The lowest BCUT2D eigenvalue weighted by molar-refractivity contribution is -0.121. The second-order valence-electron chi connectivity index (χ2n) is 7.75. The van der Waals surface area contributed by atoms with Gasteiger partial charge in [0.05, 0.1) is 10.6 Å². The minimum Gasteiger partial charge on any atom is -0.486 e. The molecule has 0 radical (unpaired) electrons. The molecule has 1 N–H and O–H groups in total. The van der Waals surface area contributed by atoms with Crippen molar-refractivity contribution in [3.63, 3.8) is 0 Å². The molecule has 3 aromatic carbocycles. The van der Waals surface area contributed by atoms with Gasteiger partial charge in [0.1, 0.15) is 19.3 Å². The normalized spacial score (nSPS) is 16.8. The third-order valence-electron chi connectivity index (χ3n) is 5.73. The van der Waals surface area contributed by atoms with Crippen molar-refractivity contribution in [2.75, 3.05) is 18.5 Å². The second-order valence-corrected chi connectivity index (χ2v) is 8.16. The van der Waals surface area contributed by atoms with Crippen LogP contribution >= 0.6 is 11.6 Å². The Kier molecular flexibility index (Phi) is 5.45. The van der Waals surface area contributed by atoms with Crippen LogP contribution in [0.5, 0.6) is 11.5 Å². The van der Waals surface area contributed by atoms with Gasteiger partial charge in [0, 0.05) is 24.7 Å². The van der Waals surface area contributed by atoms with Gasteiger partial charge in [-0.05, 0) is 35.4 Å². The van der Waals surface area contributed by atoms with Crippen LogP contribution in [0.3, 0.4) is 0 Å². The van der Waals surface area contributed by atoms with E-state index in [0.29, 0.717) is 54.0 Å². The predicted molar refractivity (Wildman–Crippen MR) is 121 cm³/mol. The van der Waals surface area contributed by atoms with Gasteiger partial charge in [0.2, 0.25) is 5.91 Å². The predicted octanol–water partition coefficient (Wildman–Crippen LogP) is 4.32. The second kappa shape index (κ2) is 8.55. The van der Waals surface area contributed by atoms with Gasteiger partial charge < -0.3 is 19.7 Å². The number of ether oxygens (including phenoxy) is 2. The number of carbonyl (C=O) groups is 2. The van der Waals surface area contributed by atoms with E-state index in [1.807, 2.05) is 24.3 Å². The molecule has 5 rings (SSSR count). The van der Waals surface area contributed by atoms with Crippen molar-refractivity contribution in [1.82, 2.24) is 4.90 Å². The lowest BCUT2D eigenvalue weighted by Crippen LogP contribution is -2.50. The number of hydrogen-bond acceptors (Lipinski definition) is 4. The molecule has 7 heteroatoms.